The first-order chi connectivity index (χ1) is 7.06. The average Bonchev–Trinajstić information content (AvgIpc) is 2.54. The number of nitrogens with zero attached hydrogens (tertiary/aromatic N) is 1. The minimum absolute atomic E-state index is 0.0485. The van der Waals surface area contributed by atoms with Gasteiger partial charge in [-0.05, 0) is 31.9 Å². The normalized spacial score (nSPS) is 20.4. The second kappa shape index (κ2) is 3.52. The molecule has 15 heavy (non-hydrogen) atoms. The van der Waals surface area contributed by atoms with Gasteiger partial charge >= 0.3 is 0 Å². The smallest absolute Gasteiger partial charge is 0.235 e. The summed E-state index contributed by atoms with van der Waals surface area (Å²) in [6, 6.07) is 7.76. The topological polar surface area (TPSA) is 37.4 Å². The predicted octanol–water partition coefficient (Wildman–Crippen LogP) is 1.79. The third-order valence-electron chi connectivity index (χ3n) is 2.81. The van der Waals surface area contributed by atoms with Gasteiger partial charge in [0.25, 0.3) is 0 Å². The molecule has 1 atom stereocenters. The highest BCUT2D eigenvalue weighted by atomic mass is 32.2. The van der Waals surface area contributed by atoms with Crippen molar-refractivity contribution in [2.45, 2.75) is 26.3 Å². The summed E-state index contributed by atoms with van der Waals surface area (Å²) < 4.78 is 25.4. The van der Waals surface area contributed by atoms with E-state index in [-0.39, 0.29) is 11.8 Å². The van der Waals surface area contributed by atoms with E-state index in [4.69, 9.17) is 0 Å². The van der Waals surface area contributed by atoms with Crippen LogP contribution in [0, 0.1) is 0 Å². The van der Waals surface area contributed by atoms with E-state index in [9.17, 15) is 8.42 Å². The molecule has 0 amide bonds. The monoisotopic (exact) mass is 225 g/mol. The zero-order valence-corrected chi connectivity index (χ0v) is 9.79. The number of hydrogen-bond donors (Lipinski definition) is 0. The van der Waals surface area contributed by atoms with Crippen molar-refractivity contribution in [3.63, 3.8) is 0 Å². The summed E-state index contributed by atoms with van der Waals surface area (Å²) in [5.74, 6) is 0.158. The molecular formula is C11H15NO2S. The highest BCUT2D eigenvalue weighted by molar-refractivity contribution is 7.92. The van der Waals surface area contributed by atoms with Crippen molar-refractivity contribution >= 4 is 15.7 Å². The first-order valence-corrected chi connectivity index (χ1v) is 6.77. The molecule has 1 aromatic carbocycles. The maximum Gasteiger partial charge on any atom is 0.235 e. The van der Waals surface area contributed by atoms with Crippen LogP contribution in [-0.2, 0) is 16.4 Å². The molecule has 0 bridgehead atoms. The van der Waals surface area contributed by atoms with E-state index < -0.39 is 10.0 Å². The van der Waals surface area contributed by atoms with Crippen molar-refractivity contribution in [3.8, 4) is 0 Å². The van der Waals surface area contributed by atoms with Gasteiger partial charge < -0.3 is 0 Å². The summed E-state index contributed by atoms with van der Waals surface area (Å²) in [4.78, 5) is 0. The van der Waals surface area contributed by atoms with E-state index in [1.54, 1.807) is 11.2 Å². The van der Waals surface area contributed by atoms with E-state index in [1.165, 1.54) is 0 Å². The summed E-state index contributed by atoms with van der Waals surface area (Å²) in [6.45, 7) is 3.64. The minimum Gasteiger partial charge on any atom is -0.267 e. The van der Waals surface area contributed by atoms with Gasteiger partial charge in [0.2, 0.25) is 10.0 Å². The van der Waals surface area contributed by atoms with Crippen LogP contribution in [0.1, 0.15) is 19.4 Å². The highest BCUT2D eigenvalue weighted by Gasteiger charge is 2.33. The Bertz CT molecular complexity index is 467. The molecule has 0 aliphatic carbocycles. The number of sulfonamides is 1. The zero-order valence-electron chi connectivity index (χ0n) is 8.97. The summed E-state index contributed by atoms with van der Waals surface area (Å²) in [6.07, 6.45) is 0.815. The molecule has 1 unspecified atom stereocenters. The van der Waals surface area contributed by atoms with Crippen molar-refractivity contribution in [2.75, 3.05) is 10.1 Å². The molecule has 1 aliphatic rings. The van der Waals surface area contributed by atoms with Gasteiger partial charge in [-0.15, -0.1) is 0 Å². The molecule has 1 aliphatic heterocycles. The van der Waals surface area contributed by atoms with Gasteiger partial charge in [0.05, 0.1) is 11.4 Å². The standard InChI is InChI=1S/C11H15NO2S/c1-3-15(13,14)12-9(2)8-10-6-4-5-7-11(10)12/h4-7,9H,3,8H2,1-2H3. The Kier molecular flexibility index (Phi) is 2.46. The fourth-order valence-electron chi connectivity index (χ4n) is 2.10. The molecule has 1 heterocycles. The van der Waals surface area contributed by atoms with Crippen LogP contribution in [0.15, 0.2) is 24.3 Å². The quantitative estimate of drug-likeness (QED) is 0.769. The molecule has 2 rings (SSSR count). The molecule has 0 saturated carbocycles. The van der Waals surface area contributed by atoms with Gasteiger partial charge in [-0.2, -0.15) is 0 Å². The summed E-state index contributed by atoms with van der Waals surface area (Å²) in [5.41, 5.74) is 1.98. The molecular weight excluding hydrogens is 210 g/mol. The second-order valence-corrected chi connectivity index (χ2v) is 6.01. The molecule has 0 N–H and O–H groups in total. The van der Waals surface area contributed by atoms with Crippen molar-refractivity contribution in [2.24, 2.45) is 0 Å². The Labute approximate surface area is 90.8 Å². The van der Waals surface area contributed by atoms with Gasteiger partial charge in [0, 0.05) is 6.04 Å². The fraction of sp³-hybridized carbons (Fsp3) is 0.455. The van der Waals surface area contributed by atoms with Crippen molar-refractivity contribution in [3.05, 3.63) is 29.8 Å². The predicted molar refractivity (Wildman–Crippen MR) is 61.5 cm³/mol. The lowest BCUT2D eigenvalue weighted by molar-refractivity contribution is 0.585. The van der Waals surface area contributed by atoms with E-state index in [0.29, 0.717) is 0 Å². The maximum absolute atomic E-state index is 11.9. The van der Waals surface area contributed by atoms with Crippen LogP contribution >= 0.6 is 0 Å². The minimum atomic E-state index is -3.13. The molecule has 1 aromatic rings. The van der Waals surface area contributed by atoms with Gasteiger partial charge in [-0.1, -0.05) is 18.2 Å². The van der Waals surface area contributed by atoms with Gasteiger partial charge in [-0.3, -0.25) is 4.31 Å². The number of hydrogen-bond acceptors (Lipinski definition) is 2. The SMILES string of the molecule is CCS(=O)(=O)N1c2ccccc2CC1C. The lowest BCUT2D eigenvalue weighted by Crippen LogP contribution is -2.36. The number of fused-ring (bicyclic) bond motifs is 1. The molecule has 0 radical (unpaired) electrons. The Balaban J connectivity index is 2.51. The largest absolute Gasteiger partial charge is 0.267 e. The number of benzene rings is 1. The molecule has 0 saturated heterocycles. The molecule has 3 nitrogen and oxygen atoms in total. The molecule has 82 valence electrons. The Morgan fingerprint density at radius 3 is 2.73 bits per heavy atom. The Hall–Kier alpha value is -1.03. The second-order valence-electron chi connectivity index (χ2n) is 3.88. The van der Waals surface area contributed by atoms with Crippen LogP contribution in [0.25, 0.3) is 0 Å². The summed E-state index contributed by atoms with van der Waals surface area (Å²) in [7, 11) is -3.13. The van der Waals surface area contributed by atoms with Crippen molar-refractivity contribution in [1.29, 1.82) is 0 Å². The molecule has 0 fully saturated rings. The van der Waals surface area contributed by atoms with Gasteiger partial charge in [0.15, 0.2) is 0 Å². The van der Waals surface area contributed by atoms with Gasteiger partial charge in [-0.25, -0.2) is 8.42 Å². The van der Waals surface area contributed by atoms with Crippen LogP contribution < -0.4 is 4.31 Å². The van der Waals surface area contributed by atoms with E-state index >= 15 is 0 Å². The van der Waals surface area contributed by atoms with Crippen LogP contribution in [0.2, 0.25) is 0 Å². The third-order valence-corrected chi connectivity index (χ3v) is 4.69. The van der Waals surface area contributed by atoms with Crippen LogP contribution in [-0.4, -0.2) is 20.2 Å². The van der Waals surface area contributed by atoms with Crippen molar-refractivity contribution < 1.29 is 8.42 Å². The van der Waals surface area contributed by atoms with Crippen molar-refractivity contribution in [1.82, 2.24) is 0 Å². The van der Waals surface area contributed by atoms with E-state index in [1.807, 2.05) is 31.2 Å². The van der Waals surface area contributed by atoms with Crippen LogP contribution in [0.4, 0.5) is 5.69 Å². The maximum atomic E-state index is 11.9. The molecule has 4 heteroatoms. The number of anilines is 1. The first kappa shape index (κ1) is 10.5. The van der Waals surface area contributed by atoms with Gasteiger partial charge in [0.1, 0.15) is 0 Å². The van der Waals surface area contributed by atoms with Crippen LogP contribution in [0.3, 0.4) is 0 Å². The fourth-order valence-corrected chi connectivity index (χ4v) is 3.48. The highest BCUT2D eigenvalue weighted by Crippen LogP contribution is 2.34. The number of rotatable bonds is 2. The van der Waals surface area contributed by atoms with Crippen LogP contribution in [0.5, 0.6) is 0 Å². The summed E-state index contributed by atoms with van der Waals surface area (Å²) >= 11 is 0. The lowest BCUT2D eigenvalue weighted by atomic mass is 10.1. The van der Waals surface area contributed by atoms with E-state index in [2.05, 4.69) is 0 Å². The van der Waals surface area contributed by atoms with E-state index in [0.717, 1.165) is 17.7 Å². The summed E-state index contributed by atoms with van der Waals surface area (Å²) in [5, 5.41) is 0. The average molecular weight is 225 g/mol. The first-order valence-electron chi connectivity index (χ1n) is 5.16. The molecule has 0 spiro atoms. The lowest BCUT2D eigenvalue weighted by Gasteiger charge is -2.23. The third kappa shape index (κ3) is 1.63. The number of para-hydroxylation sites is 1. The molecule has 0 aromatic heterocycles. The zero-order chi connectivity index (χ0) is 11.1. The Morgan fingerprint density at radius 2 is 2.07 bits per heavy atom. The Morgan fingerprint density at radius 1 is 1.40 bits per heavy atom.